The maximum Gasteiger partial charge on any atom is 0.254 e. The molecule has 0 aliphatic carbocycles. The highest BCUT2D eigenvalue weighted by atomic mass is 19.1. The van der Waals surface area contributed by atoms with Crippen LogP contribution in [0.1, 0.15) is 34.8 Å². The third kappa shape index (κ3) is 3.43. The summed E-state index contributed by atoms with van der Waals surface area (Å²) in [7, 11) is 5.27. The van der Waals surface area contributed by atoms with E-state index in [1.54, 1.807) is 12.3 Å². The number of hydrogen-bond acceptors (Lipinski definition) is 4. The minimum Gasteiger partial charge on any atom is -0.494 e. The molecular weight excluding hydrogens is 321 g/mol. The number of benzene rings is 1. The fourth-order valence-corrected chi connectivity index (χ4v) is 3.21. The fraction of sp³-hybridized carbons (Fsp3) is 0.368. The van der Waals surface area contributed by atoms with Crippen molar-refractivity contribution in [1.82, 2.24) is 9.88 Å². The lowest BCUT2D eigenvalue weighted by molar-refractivity contribution is 0.0735. The Morgan fingerprint density at radius 3 is 2.80 bits per heavy atom. The first kappa shape index (κ1) is 17.2. The van der Waals surface area contributed by atoms with Crippen molar-refractivity contribution in [3.05, 3.63) is 53.5 Å². The van der Waals surface area contributed by atoms with Crippen molar-refractivity contribution in [2.45, 2.75) is 18.9 Å². The summed E-state index contributed by atoms with van der Waals surface area (Å²) in [6.07, 6.45) is 3.58. The third-order valence-corrected chi connectivity index (χ3v) is 4.52. The van der Waals surface area contributed by atoms with Gasteiger partial charge in [0.05, 0.1) is 13.2 Å². The van der Waals surface area contributed by atoms with Gasteiger partial charge in [-0.05, 0) is 48.7 Å². The Hall–Kier alpha value is -2.63. The van der Waals surface area contributed by atoms with Crippen LogP contribution in [0.2, 0.25) is 0 Å². The van der Waals surface area contributed by atoms with Crippen LogP contribution in [0.25, 0.3) is 0 Å². The highest BCUT2D eigenvalue weighted by molar-refractivity contribution is 5.94. The minimum atomic E-state index is -0.525. The molecule has 3 rings (SSSR count). The Bertz CT molecular complexity index is 779. The number of carbonyl (C=O) groups excluding carboxylic acids is 1. The Balaban J connectivity index is 1.87. The number of rotatable bonds is 4. The molecule has 2 heterocycles. The van der Waals surface area contributed by atoms with Crippen LogP contribution in [0.4, 0.5) is 10.2 Å². The van der Waals surface area contributed by atoms with Crippen molar-refractivity contribution in [2.75, 3.05) is 32.6 Å². The fourth-order valence-electron chi connectivity index (χ4n) is 3.21. The number of aromatic nitrogens is 1. The molecular formula is C19H22FN3O2. The lowest BCUT2D eigenvalue weighted by Gasteiger charge is -2.26. The zero-order valence-electron chi connectivity index (χ0n) is 14.7. The maximum atomic E-state index is 14.0. The monoisotopic (exact) mass is 343 g/mol. The molecule has 1 aliphatic rings. The smallest absolute Gasteiger partial charge is 0.254 e. The number of likely N-dealkylation sites (tertiary alicyclic amines) is 1. The van der Waals surface area contributed by atoms with E-state index >= 15 is 0 Å². The van der Waals surface area contributed by atoms with E-state index < -0.39 is 5.82 Å². The van der Waals surface area contributed by atoms with Crippen LogP contribution in [0.3, 0.4) is 0 Å². The third-order valence-electron chi connectivity index (χ3n) is 4.52. The van der Waals surface area contributed by atoms with Gasteiger partial charge in [0.15, 0.2) is 11.6 Å². The highest BCUT2D eigenvalue weighted by Crippen LogP contribution is 2.34. The minimum absolute atomic E-state index is 0.0145. The van der Waals surface area contributed by atoms with Crippen LogP contribution in [-0.2, 0) is 0 Å². The van der Waals surface area contributed by atoms with Crippen molar-refractivity contribution in [1.29, 1.82) is 0 Å². The predicted octanol–water partition coefficient (Wildman–Crippen LogP) is 3.27. The first-order valence-electron chi connectivity index (χ1n) is 8.29. The molecule has 0 N–H and O–H groups in total. The summed E-state index contributed by atoms with van der Waals surface area (Å²) in [5, 5.41) is 0. The van der Waals surface area contributed by atoms with Crippen LogP contribution < -0.4 is 9.64 Å². The molecule has 25 heavy (non-hydrogen) atoms. The molecule has 2 aromatic rings. The van der Waals surface area contributed by atoms with Crippen LogP contribution >= 0.6 is 0 Å². The number of amides is 1. The highest BCUT2D eigenvalue weighted by Gasteiger charge is 2.31. The lowest BCUT2D eigenvalue weighted by atomic mass is 10.0. The van der Waals surface area contributed by atoms with Gasteiger partial charge in [0.25, 0.3) is 5.91 Å². The van der Waals surface area contributed by atoms with Gasteiger partial charge in [0, 0.05) is 32.4 Å². The molecule has 1 aromatic heterocycles. The summed E-state index contributed by atoms with van der Waals surface area (Å²) in [5.74, 6) is 0.307. The van der Waals surface area contributed by atoms with Gasteiger partial charge in [0.2, 0.25) is 0 Å². The summed E-state index contributed by atoms with van der Waals surface area (Å²) in [4.78, 5) is 21.0. The molecule has 5 nitrogen and oxygen atoms in total. The number of carbonyl (C=O) groups is 1. The number of hydrogen-bond donors (Lipinski definition) is 0. The normalized spacial score (nSPS) is 16.8. The molecule has 1 aromatic carbocycles. The molecule has 0 unspecified atom stereocenters. The van der Waals surface area contributed by atoms with Crippen molar-refractivity contribution in [2.24, 2.45) is 0 Å². The number of nitrogens with zero attached hydrogens (tertiary/aromatic N) is 3. The van der Waals surface area contributed by atoms with Gasteiger partial charge < -0.3 is 14.5 Å². The Kier molecular flexibility index (Phi) is 4.88. The van der Waals surface area contributed by atoms with E-state index in [4.69, 9.17) is 4.74 Å². The summed E-state index contributed by atoms with van der Waals surface area (Å²) >= 11 is 0. The van der Waals surface area contributed by atoms with Gasteiger partial charge in [-0.15, -0.1) is 0 Å². The van der Waals surface area contributed by atoms with Gasteiger partial charge in [-0.1, -0.05) is 0 Å². The Morgan fingerprint density at radius 1 is 1.32 bits per heavy atom. The topological polar surface area (TPSA) is 45.7 Å². The maximum absolute atomic E-state index is 14.0. The van der Waals surface area contributed by atoms with E-state index in [0.29, 0.717) is 12.1 Å². The average Bonchev–Trinajstić information content (AvgIpc) is 3.10. The molecule has 132 valence electrons. The van der Waals surface area contributed by atoms with Gasteiger partial charge in [0.1, 0.15) is 5.82 Å². The second-order valence-electron chi connectivity index (χ2n) is 6.35. The molecule has 1 saturated heterocycles. The molecule has 0 spiro atoms. The van der Waals surface area contributed by atoms with Crippen LogP contribution in [0, 0.1) is 5.82 Å². The van der Waals surface area contributed by atoms with Crippen LogP contribution in [0.15, 0.2) is 36.5 Å². The van der Waals surface area contributed by atoms with E-state index in [9.17, 15) is 9.18 Å². The predicted molar refractivity (Wildman–Crippen MR) is 94.5 cm³/mol. The first-order valence-corrected chi connectivity index (χ1v) is 8.29. The molecule has 1 fully saturated rings. The number of ether oxygens (including phenoxy) is 1. The molecule has 0 bridgehead atoms. The SMILES string of the molecule is COc1ccc(C(=O)N2CCC[C@@H]2c2ccnc(N(C)C)c2)cc1F. The van der Waals surface area contributed by atoms with E-state index in [1.165, 1.54) is 19.2 Å². The summed E-state index contributed by atoms with van der Waals surface area (Å²) in [6, 6.07) is 8.28. The first-order chi connectivity index (χ1) is 12.0. The quantitative estimate of drug-likeness (QED) is 0.855. The van der Waals surface area contributed by atoms with Gasteiger partial charge >= 0.3 is 0 Å². The second-order valence-corrected chi connectivity index (χ2v) is 6.35. The van der Waals surface area contributed by atoms with E-state index in [1.807, 2.05) is 36.0 Å². The summed E-state index contributed by atoms with van der Waals surface area (Å²) in [6.45, 7) is 0.663. The van der Waals surface area contributed by atoms with Crippen LogP contribution in [-0.4, -0.2) is 43.5 Å². The van der Waals surface area contributed by atoms with Gasteiger partial charge in [-0.3, -0.25) is 4.79 Å². The molecule has 0 saturated carbocycles. The van der Waals surface area contributed by atoms with E-state index in [-0.39, 0.29) is 17.7 Å². The zero-order valence-corrected chi connectivity index (χ0v) is 14.7. The molecule has 1 amide bonds. The van der Waals surface area contributed by atoms with Crippen molar-refractivity contribution in [3.8, 4) is 5.75 Å². The van der Waals surface area contributed by atoms with E-state index in [0.717, 1.165) is 24.2 Å². The number of pyridine rings is 1. The van der Waals surface area contributed by atoms with Crippen LogP contribution in [0.5, 0.6) is 5.75 Å². The van der Waals surface area contributed by atoms with Crippen molar-refractivity contribution in [3.63, 3.8) is 0 Å². The second kappa shape index (κ2) is 7.09. The van der Waals surface area contributed by atoms with Crippen molar-refractivity contribution < 1.29 is 13.9 Å². The lowest BCUT2D eigenvalue weighted by Crippen LogP contribution is -2.30. The number of halogens is 1. The molecule has 1 atom stereocenters. The Morgan fingerprint density at radius 2 is 2.12 bits per heavy atom. The Labute approximate surface area is 147 Å². The molecule has 0 radical (unpaired) electrons. The number of methoxy groups -OCH3 is 1. The van der Waals surface area contributed by atoms with Gasteiger partial charge in [-0.2, -0.15) is 0 Å². The molecule has 6 heteroatoms. The standard InChI is InChI=1S/C19H22FN3O2/c1-22(2)18-12-13(8-9-21-18)16-5-4-10-23(16)19(24)14-6-7-17(25-3)15(20)11-14/h6-9,11-12,16H,4-5,10H2,1-3H3/t16-/m1/s1. The average molecular weight is 343 g/mol. The van der Waals surface area contributed by atoms with E-state index in [2.05, 4.69) is 4.98 Å². The van der Waals surface area contributed by atoms with Crippen molar-refractivity contribution >= 4 is 11.7 Å². The zero-order chi connectivity index (χ0) is 18.0. The summed E-state index contributed by atoms with van der Waals surface area (Å²) < 4.78 is 18.9. The molecule has 1 aliphatic heterocycles. The largest absolute Gasteiger partial charge is 0.494 e. The van der Waals surface area contributed by atoms with Gasteiger partial charge in [-0.25, -0.2) is 9.37 Å². The number of anilines is 1. The summed E-state index contributed by atoms with van der Waals surface area (Å²) in [5.41, 5.74) is 1.39.